The predicted molar refractivity (Wildman–Crippen MR) is 68.5 cm³/mol. The van der Waals surface area contributed by atoms with Gasteiger partial charge in [0, 0.05) is 17.3 Å². The maximum absolute atomic E-state index is 9.12. The fourth-order valence-corrected chi connectivity index (χ4v) is 1.80. The zero-order valence-corrected chi connectivity index (χ0v) is 10.2. The van der Waals surface area contributed by atoms with E-state index in [4.69, 9.17) is 20.5 Å². The van der Waals surface area contributed by atoms with Crippen molar-refractivity contribution in [3.63, 3.8) is 0 Å². The van der Waals surface area contributed by atoms with E-state index < -0.39 is 0 Å². The van der Waals surface area contributed by atoms with Gasteiger partial charge in [0.05, 0.1) is 14.2 Å². The van der Waals surface area contributed by atoms with Crippen LogP contribution < -0.4 is 15.2 Å². The largest absolute Gasteiger partial charge is 0.497 e. The zero-order valence-electron chi connectivity index (χ0n) is 10.2. The van der Waals surface area contributed by atoms with E-state index in [1.165, 1.54) is 0 Å². The van der Waals surface area contributed by atoms with Crippen LogP contribution in [0.25, 0.3) is 11.1 Å². The average molecular weight is 243 g/mol. The minimum absolute atomic E-state index is 0.345. The summed E-state index contributed by atoms with van der Waals surface area (Å²) in [5.74, 6) is 1.69. The van der Waals surface area contributed by atoms with Crippen molar-refractivity contribution < 1.29 is 9.47 Å². The number of methoxy groups -OCH3 is 2. The summed E-state index contributed by atoms with van der Waals surface area (Å²) in [6.07, 6.45) is 1.69. The lowest BCUT2D eigenvalue weighted by Crippen LogP contribution is -1.92. The van der Waals surface area contributed by atoms with E-state index >= 15 is 0 Å². The van der Waals surface area contributed by atoms with Crippen molar-refractivity contribution in [2.24, 2.45) is 0 Å². The topological polar surface area (TPSA) is 84.1 Å². The quantitative estimate of drug-likeness (QED) is 0.865. The Kier molecular flexibility index (Phi) is 3.11. The fourth-order valence-electron chi connectivity index (χ4n) is 1.80. The van der Waals surface area contributed by atoms with Gasteiger partial charge in [-0.1, -0.05) is 0 Å². The van der Waals surface area contributed by atoms with Crippen LogP contribution in [-0.2, 0) is 0 Å². The first kappa shape index (κ1) is 11.9. The number of nitriles is 1. The number of nitrogens with one attached hydrogen (secondary N) is 1. The second-order valence-electron chi connectivity index (χ2n) is 3.67. The van der Waals surface area contributed by atoms with Crippen molar-refractivity contribution in [1.29, 1.82) is 5.26 Å². The highest BCUT2D eigenvalue weighted by Crippen LogP contribution is 2.36. The Balaban J connectivity index is 2.65. The standard InChI is InChI=1S/C13H13N3O2/c1-17-8-3-4-12(18-2)9(5-8)11-7-16-13(15)10(11)6-14/h3-5,7,16H,15H2,1-2H3. The van der Waals surface area contributed by atoms with Gasteiger partial charge in [0.25, 0.3) is 0 Å². The van der Waals surface area contributed by atoms with Crippen LogP contribution in [0.1, 0.15) is 5.56 Å². The third-order valence-corrected chi connectivity index (χ3v) is 2.72. The van der Waals surface area contributed by atoms with Crippen molar-refractivity contribution >= 4 is 5.82 Å². The number of nitrogen functional groups attached to an aromatic ring is 1. The molecule has 0 amide bonds. The third kappa shape index (κ3) is 1.84. The molecule has 0 fully saturated rings. The summed E-state index contributed by atoms with van der Waals surface area (Å²) in [7, 11) is 3.16. The Labute approximate surface area is 105 Å². The predicted octanol–water partition coefficient (Wildman–Crippen LogP) is 2.15. The summed E-state index contributed by atoms with van der Waals surface area (Å²) in [6.45, 7) is 0. The fraction of sp³-hybridized carbons (Fsp3) is 0.154. The second-order valence-corrected chi connectivity index (χ2v) is 3.67. The lowest BCUT2D eigenvalue weighted by atomic mass is 10.0. The number of nitrogens with zero attached hydrogens (tertiary/aromatic N) is 1. The van der Waals surface area contributed by atoms with E-state index in [0.29, 0.717) is 28.4 Å². The summed E-state index contributed by atoms with van der Waals surface area (Å²) in [4.78, 5) is 2.83. The molecule has 1 aromatic carbocycles. The molecule has 5 nitrogen and oxygen atoms in total. The van der Waals surface area contributed by atoms with Crippen LogP contribution in [0.5, 0.6) is 11.5 Å². The van der Waals surface area contributed by atoms with Gasteiger partial charge in [-0.3, -0.25) is 0 Å². The lowest BCUT2D eigenvalue weighted by molar-refractivity contribution is 0.404. The van der Waals surface area contributed by atoms with Crippen molar-refractivity contribution in [2.75, 3.05) is 20.0 Å². The van der Waals surface area contributed by atoms with E-state index in [9.17, 15) is 0 Å². The van der Waals surface area contributed by atoms with Gasteiger partial charge in [0.15, 0.2) is 0 Å². The van der Waals surface area contributed by atoms with Crippen molar-refractivity contribution in [1.82, 2.24) is 4.98 Å². The highest BCUT2D eigenvalue weighted by atomic mass is 16.5. The van der Waals surface area contributed by atoms with Gasteiger partial charge in [0.2, 0.25) is 0 Å². The first-order valence-electron chi connectivity index (χ1n) is 5.30. The summed E-state index contributed by atoms with van der Waals surface area (Å²) < 4.78 is 10.5. The zero-order chi connectivity index (χ0) is 13.1. The highest BCUT2D eigenvalue weighted by molar-refractivity contribution is 5.80. The molecule has 0 saturated carbocycles. The van der Waals surface area contributed by atoms with Gasteiger partial charge in [0.1, 0.15) is 28.9 Å². The molecule has 2 aromatic rings. The molecule has 0 bridgehead atoms. The molecular weight excluding hydrogens is 230 g/mol. The van der Waals surface area contributed by atoms with E-state index in [1.807, 2.05) is 6.07 Å². The van der Waals surface area contributed by atoms with Crippen LogP contribution in [0.3, 0.4) is 0 Å². The molecular formula is C13H13N3O2. The number of rotatable bonds is 3. The molecule has 18 heavy (non-hydrogen) atoms. The molecule has 0 spiro atoms. The molecule has 0 atom stereocenters. The maximum atomic E-state index is 9.12. The molecule has 1 heterocycles. The normalized spacial score (nSPS) is 9.83. The number of hydrogen-bond acceptors (Lipinski definition) is 4. The number of benzene rings is 1. The van der Waals surface area contributed by atoms with Gasteiger partial charge < -0.3 is 20.2 Å². The van der Waals surface area contributed by atoms with Crippen molar-refractivity contribution in [3.05, 3.63) is 30.0 Å². The van der Waals surface area contributed by atoms with Crippen LogP contribution in [-0.4, -0.2) is 19.2 Å². The van der Waals surface area contributed by atoms with E-state index in [0.717, 1.165) is 5.56 Å². The van der Waals surface area contributed by atoms with Gasteiger partial charge >= 0.3 is 0 Å². The first-order chi connectivity index (χ1) is 8.71. The summed E-state index contributed by atoms with van der Waals surface area (Å²) in [6, 6.07) is 7.47. The smallest absolute Gasteiger partial charge is 0.127 e. The Morgan fingerprint density at radius 2 is 2.00 bits per heavy atom. The molecule has 0 saturated heterocycles. The number of H-pyrrole nitrogens is 1. The van der Waals surface area contributed by atoms with Crippen molar-refractivity contribution in [2.45, 2.75) is 0 Å². The molecule has 3 N–H and O–H groups in total. The molecule has 92 valence electrons. The Morgan fingerprint density at radius 1 is 1.22 bits per heavy atom. The third-order valence-electron chi connectivity index (χ3n) is 2.72. The molecule has 1 aromatic heterocycles. The summed E-state index contributed by atoms with van der Waals surface area (Å²) in [5, 5.41) is 9.12. The maximum Gasteiger partial charge on any atom is 0.127 e. The van der Waals surface area contributed by atoms with Crippen LogP contribution in [0.2, 0.25) is 0 Å². The molecule has 0 aliphatic carbocycles. The van der Waals surface area contributed by atoms with E-state index in [-0.39, 0.29) is 0 Å². The number of anilines is 1. The van der Waals surface area contributed by atoms with Gasteiger partial charge in [-0.25, -0.2) is 0 Å². The monoisotopic (exact) mass is 243 g/mol. The van der Waals surface area contributed by atoms with E-state index in [2.05, 4.69) is 11.1 Å². The van der Waals surface area contributed by atoms with Crippen LogP contribution in [0.4, 0.5) is 5.82 Å². The van der Waals surface area contributed by atoms with Crippen LogP contribution in [0.15, 0.2) is 24.4 Å². The average Bonchev–Trinajstić information content (AvgIpc) is 2.78. The molecule has 0 unspecified atom stereocenters. The SMILES string of the molecule is COc1ccc(OC)c(-c2c[nH]c(N)c2C#N)c1. The Hall–Kier alpha value is -2.61. The first-order valence-corrected chi connectivity index (χ1v) is 5.30. The minimum atomic E-state index is 0.345. The summed E-state index contributed by atoms with van der Waals surface area (Å²) >= 11 is 0. The second kappa shape index (κ2) is 4.72. The minimum Gasteiger partial charge on any atom is -0.497 e. The van der Waals surface area contributed by atoms with Crippen LogP contribution in [0, 0.1) is 11.3 Å². The van der Waals surface area contributed by atoms with Gasteiger partial charge in [-0.05, 0) is 18.2 Å². The summed E-state index contributed by atoms with van der Waals surface area (Å²) in [5.41, 5.74) is 7.57. The lowest BCUT2D eigenvalue weighted by Gasteiger charge is -2.09. The number of hydrogen-bond donors (Lipinski definition) is 2. The number of aromatic amines is 1. The Morgan fingerprint density at radius 3 is 2.61 bits per heavy atom. The molecule has 0 aliphatic rings. The van der Waals surface area contributed by atoms with Gasteiger partial charge in [-0.2, -0.15) is 5.26 Å². The Bertz CT molecular complexity index is 611. The number of nitrogens with two attached hydrogens (primary N) is 1. The number of ether oxygens (including phenoxy) is 2. The van der Waals surface area contributed by atoms with Crippen molar-refractivity contribution in [3.8, 4) is 28.7 Å². The van der Waals surface area contributed by atoms with E-state index in [1.54, 1.807) is 32.5 Å². The van der Waals surface area contributed by atoms with Gasteiger partial charge in [-0.15, -0.1) is 0 Å². The highest BCUT2D eigenvalue weighted by Gasteiger charge is 2.15. The van der Waals surface area contributed by atoms with Crippen LogP contribution >= 0.6 is 0 Å². The molecule has 2 rings (SSSR count). The molecule has 0 radical (unpaired) electrons. The molecule has 0 aliphatic heterocycles. The number of aromatic nitrogens is 1. The molecule has 5 heteroatoms.